The molecule has 0 aliphatic carbocycles. The molecule has 0 bridgehead atoms. The minimum absolute atomic E-state index is 0.629. The van der Waals surface area contributed by atoms with Gasteiger partial charge in [0.25, 0.3) is 0 Å². The largest absolute Gasteiger partial charge is 0.314 e. The lowest BCUT2D eigenvalue weighted by atomic mass is 9.91. The highest BCUT2D eigenvalue weighted by Gasteiger charge is 2.09. The van der Waals surface area contributed by atoms with Gasteiger partial charge in [0.15, 0.2) is 0 Å². The van der Waals surface area contributed by atoms with Crippen LogP contribution in [0.15, 0.2) is 0 Å². The number of rotatable bonds is 10. The average Bonchev–Trinajstić information content (AvgIpc) is 2.26. The van der Waals surface area contributed by atoms with Crippen LogP contribution in [-0.4, -0.2) is 12.6 Å². The summed E-state index contributed by atoms with van der Waals surface area (Å²) in [6.45, 7) is 12.6. The normalized spacial score (nSPS) is 15.4. The summed E-state index contributed by atoms with van der Waals surface area (Å²) in [4.78, 5) is 0. The van der Waals surface area contributed by atoms with E-state index < -0.39 is 0 Å². The summed E-state index contributed by atoms with van der Waals surface area (Å²) in [5.74, 6) is 1.81. The van der Waals surface area contributed by atoms with Crippen LogP contribution < -0.4 is 5.32 Å². The van der Waals surface area contributed by atoms with Crippen LogP contribution in [-0.2, 0) is 0 Å². The molecule has 0 fully saturated rings. The molecule has 0 saturated carbocycles. The highest BCUT2D eigenvalue weighted by Crippen LogP contribution is 2.20. The quantitative estimate of drug-likeness (QED) is 0.574. The molecule has 0 saturated heterocycles. The van der Waals surface area contributed by atoms with Crippen LogP contribution in [0.5, 0.6) is 0 Å². The van der Waals surface area contributed by atoms with E-state index in [1.165, 1.54) is 45.1 Å². The van der Waals surface area contributed by atoms with Crippen LogP contribution in [0.25, 0.3) is 0 Å². The van der Waals surface area contributed by atoms with Crippen LogP contribution in [0.3, 0.4) is 0 Å². The minimum atomic E-state index is 0.629. The Kier molecular flexibility index (Phi) is 10.1. The van der Waals surface area contributed by atoms with Crippen molar-refractivity contribution in [2.75, 3.05) is 6.54 Å². The molecular formula is C15H33N. The Balaban J connectivity index is 3.57. The van der Waals surface area contributed by atoms with Gasteiger partial charge < -0.3 is 5.32 Å². The van der Waals surface area contributed by atoms with Crippen molar-refractivity contribution in [3.63, 3.8) is 0 Å². The fourth-order valence-electron chi connectivity index (χ4n) is 2.10. The van der Waals surface area contributed by atoms with E-state index >= 15 is 0 Å². The third-order valence-electron chi connectivity index (χ3n) is 3.49. The fraction of sp³-hybridized carbons (Fsp3) is 1.00. The number of unbranched alkanes of at least 4 members (excludes halogenated alkanes) is 1. The van der Waals surface area contributed by atoms with E-state index in [9.17, 15) is 0 Å². The molecule has 0 heterocycles. The van der Waals surface area contributed by atoms with E-state index in [-0.39, 0.29) is 0 Å². The maximum atomic E-state index is 3.53. The molecule has 0 aromatic rings. The van der Waals surface area contributed by atoms with E-state index in [1.54, 1.807) is 0 Å². The minimum Gasteiger partial charge on any atom is -0.314 e. The van der Waals surface area contributed by atoms with E-state index in [1.807, 2.05) is 0 Å². The van der Waals surface area contributed by atoms with Crippen LogP contribution in [0.2, 0.25) is 0 Å². The van der Waals surface area contributed by atoms with Crippen LogP contribution >= 0.6 is 0 Å². The van der Waals surface area contributed by atoms with Crippen molar-refractivity contribution in [1.29, 1.82) is 0 Å². The zero-order chi connectivity index (χ0) is 12.4. The van der Waals surface area contributed by atoms with E-state index in [0.29, 0.717) is 6.04 Å². The molecule has 0 amide bonds. The van der Waals surface area contributed by atoms with Crippen LogP contribution in [0.4, 0.5) is 0 Å². The third kappa shape index (κ3) is 9.21. The molecule has 0 aromatic heterocycles. The van der Waals surface area contributed by atoms with Crippen molar-refractivity contribution < 1.29 is 0 Å². The van der Waals surface area contributed by atoms with Crippen molar-refractivity contribution in [2.24, 2.45) is 11.8 Å². The molecule has 16 heavy (non-hydrogen) atoms. The zero-order valence-corrected chi connectivity index (χ0v) is 12.2. The standard InChI is InChI=1S/C15H33N/c1-6-8-9-15(7-2)11-10-14(5)12-16-13(3)4/h13-16H,6-12H2,1-5H3. The molecule has 1 N–H and O–H groups in total. The van der Waals surface area contributed by atoms with Crippen molar-refractivity contribution in [3.8, 4) is 0 Å². The van der Waals surface area contributed by atoms with Gasteiger partial charge in [-0.3, -0.25) is 0 Å². The van der Waals surface area contributed by atoms with E-state index in [0.717, 1.165) is 11.8 Å². The molecule has 1 heteroatoms. The summed E-state index contributed by atoms with van der Waals surface area (Å²) in [5.41, 5.74) is 0. The predicted molar refractivity (Wildman–Crippen MR) is 74.8 cm³/mol. The molecule has 2 atom stereocenters. The summed E-state index contributed by atoms with van der Waals surface area (Å²) >= 11 is 0. The Morgan fingerprint density at radius 2 is 1.62 bits per heavy atom. The van der Waals surface area contributed by atoms with Crippen molar-refractivity contribution in [1.82, 2.24) is 5.32 Å². The number of hydrogen-bond donors (Lipinski definition) is 1. The van der Waals surface area contributed by atoms with E-state index in [2.05, 4.69) is 39.9 Å². The first-order valence-corrected chi connectivity index (χ1v) is 7.33. The number of hydrogen-bond acceptors (Lipinski definition) is 1. The highest BCUT2D eigenvalue weighted by atomic mass is 14.9. The Hall–Kier alpha value is -0.0400. The molecule has 0 spiro atoms. The zero-order valence-electron chi connectivity index (χ0n) is 12.2. The summed E-state index contributed by atoms with van der Waals surface area (Å²) in [7, 11) is 0. The molecule has 0 radical (unpaired) electrons. The molecule has 2 unspecified atom stereocenters. The van der Waals surface area contributed by atoms with Gasteiger partial charge >= 0.3 is 0 Å². The lowest BCUT2D eigenvalue weighted by molar-refractivity contribution is 0.358. The Morgan fingerprint density at radius 1 is 0.938 bits per heavy atom. The predicted octanol–water partition coefficient (Wildman–Crippen LogP) is 4.62. The number of nitrogens with one attached hydrogen (secondary N) is 1. The van der Waals surface area contributed by atoms with Gasteiger partial charge in [0.2, 0.25) is 0 Å². The molecule has 0 rings (SSSR count). The molecule has 1 nitrogen and oxygen atoms in total. The van der Waals surface area contributed by atoms with Gasteiger partial charge in [-0.25, -0.2) is 0 Å². The lowest BCUT2D eigenvalue weighted by Crippen LogP contribution is -2.28. The monoisotopic (exact) mass is 227 g/mol. The van der Waals surface area contributed by atoms with Crippen LogP contribution in [0, 0.1) is 11.8 Å². The maximum absolute atomic E-state index is 3.53. The Labute approximate surface area is 103 Å². The molecule has 0 aromatic carbocycles. The van der Waals surface area contributed by atoms with Gasteiger partial charge in [0, 0.05) is 6.04 Å². The van der Waals surface area contributed by atoms with E-state index in [4.69, 9.17) is 0 Å². The topological polar surface area (TPSA) is 12.0 Å². The van der Waals surface area contributed by atoms with Crippen molar-refractivity contribution in [3.05, 3.63) is 0 Å². The molecule has 98 valence electrons. The van der Waals surface area contributed by atoms with Crippen molar-refractivity contribution >= 4 is 0 Å². The molecular weight excluding hydrogens is 194 g/mol. The summed E-state index contributed by atoms with van der Waals surface area (Å²) < 4.78 is 0. The third-order valence-corrected chi connectivity index (χ3v) is 3.49. The summed E-state index contributed by atoms with van der Waals surface area (Å²) in [6.07, 6.45) is 8.39. The molecule has 0 aliphatic rings. The second-order valence-corrected chi connectivity index (χ2v) is 5.66. The SMILES string of the molecule is CCCCC(CC)CCC(C)CNC(C)C. The summed E-state index contributed by atoms with van der Waals surface area (Å²) in [6, 6.07) is 0.629. The van der Waals surface area contributed by atoms with Gasteiger partial charge in [-0.2, -0.15) is 0 Å². The Bertz CT molecular complexity index is 142. The second-order valence-electron chi connectivity index (χ2n) is 5.66. The highest BCUT2D eigenvalue weighted by molar-refractivity contribution is 4.64. The lowest BCUT2D eigenvalue weighted by Gasteiger charge is -2.19. The first-order valence-electron chi connectivity index (χ1n) is 7.33. The summed E-state index contributed by atoms with van der Waals surface area (Å²) in [5, 5.41) is 3.53. The van der Waals surface area contributed by atoms with Crippen molar-refractivity contribution in [2.45, 2.75) is 79.2 Å². The van der Waals surface area contributed by atoms with Crippen LogP contribution in [0.1, 0.15) is 73.1 Å². The maximum Gasteiger partial charge on any atom is 0.00104 e. The first kappa shape index (κ1) is 16.0. The fourth-order valence-corrected chi connectivity index (χ4v) is 2.10. The van der Waals surface area contributed by atoms with Gasteiger partial charge in [-0.15, -0.1) is 0 Å². The van der Waals surface area contributed by atoms with Gasteiger partial charge in [0.05, 0.1) is 0 Å². The second kappa shape index (κ2) is 10.1. The molecule has 0 aliphatic heterocycles. The smallest absolute Gasteiger partial charge is 0.00104 e. The Morgan fingerprint density at radius 3 is 2.12 bits per heavy atom. The van der Waals surface area contributed by atoms with Gasteiger partial charge in [0.1, 0.15) is 0 Å². The average molecular weight is 227 g/mol. The van der Waals surface area contributed by atoms with Gasteiger partial charge in [-0.05, 0) is 24.8 Å². The van der Waals surface area contributed by atoms with Gasteiger partial charge in [-0.1, -0.05) is 66.7 Å². The first-order chi connectivity index (χ1) is 7.60.